The molecular weight excluding hydrogens is 358 g/mol. The minimum absolute atomic E-state index is 0.870. The Kier molecular flexibility index (Phi) is 4.83. The van der Waals surface area contributed by atoms with Crippen LogP contribution in [0.4, 0.5) is 0 Å². The zero-order valence-electron chi connectivity index (χ0n) is 15.2. The van der Waals surface area contributed by atoms with Crippen molar-refractivity contribution in [3.63, 3.8) is 0 Å². The molecule has 0 atom stereocenters. The Morgan fingerprint density at radius 3 is 2.62 bits per heavy atom. The average molecular weight is 380 g/mol. The van der Waals surface area contributed by atoms with E-state index in [0.29, 0.717) is 0 Å². The van der Waals surface area contributed by atoms with Gasteiger partial charge in [0, 0.05) is 28.1 Å². The number of aryl methyl sites for hydroxylation is 1. The number of rotatable bonds is 5. The monoisotopic (exact) mass is 379 g/mol. The molecule has 2 aromatic carbocycles. The average Bonchev–Trinajstić information content (AvgIpc) is 3.22. The van der Waals surface area contributed by atoms with Gasteiger partial charge < -0.3 is 4.57 Å². The van der Waals surface area contributed by atoms with Gasteiger partial charge in [-0.25, -0.2) is 0 Å². The lowest BCUT2D eigenvalue weighted by molar-refractivity contribution is 0.687. The Morgan fingerprint density at radius 2 is 1.85 bits per heavy atom. The highest BCUT2D eigenvalue weighted by Crippen LogP contribution is 2.33. The summed E-state index contributed by atoms with van der Waals surface area (Å²) in [6.07, 6.45) is 0. The highest BCUT2D eigenvalue weighted by atomic mass is 32.2. The van der Waals surface area contributed by atoms with Gasteiger partial charge in [-0.3, -0.25) is 0 Å². The molecule has 0 aliphatic heterocycles. The van der Waals surface area contributed by atoms with Gasteiger partial charge in [-0.05, 0) is 42.7 Å². The first-order valence-electron chi connectivity index (χ1n) is 8.76. The van der Waals surface area contributed by atoms with E-state index in [-0.39, 0.29) is 0 Å². The van der Waals surface area contributed by atoms with Crippen molar-refractivity contribution >= 4 is 33.9 Å². The normalized spacial score (nSPS) is 11.3. The molecule has 0 amide bonds. The van der Waals surface area contributed by atoms with Crippen LogP contribution < -0.4 is 0 Å². The maximum Gasteiger partial charge on any atom is 0.191 e. The van der Waals surface area contributed by atoms with Gasteiger partial charge in [0.1, 0.15) is 0 Å². The fourth-order valence-corrected chi connectivity index (χ4v) is 5.04. The molecule has 0 saturated carbocycles. The summed E-state index contributed by atoms with van der Waals surface area (Å²) < 4.78 is 2.23. The van der Waals surface area contributed by atoms with Gasteiger partial charge in [-0.15, -0.1) is 21.5 Å². The molecule has 0 aliphatic rings. The van der Waals surface area contributed by atoms with Crippen LogP contribution in [-0.2, 0) is 12.3 Å². The molecule has 0 spiro atoms. The van der Waals surface area contributed by atoms with Crippen molar-refractivity contribution in [3.05, 3.63) is 63.8 Å². The first kappa shape index (κ1) is 17.3. The molecule has 0 aliphatic carbocycles. The van der Waals surface area contributed by atoms with Crippen LogP contribution in [-0.4, -0.2) is 14.8 Å². The van der Waals surface area contributed by atoms with E-state index >= 15 is 0 Å². The second kappa shape index (κ2) is 7.25. The molecule has 0 saturated heterocycles. The van der Waals surface area contributed by atoms with E-state index in [1.807, 2.05) is 0 Å². The maximum atomic E-state index is 4.50. The van der Waals surface area contributed by atoms with Crippen molar-refractivity contribution in [3.8, 4) is 11.4 Å². The quantitative estimate of drug-likeness (QED) is 0.393. The van der Waals surface area contributed by atoms with E-state index in [9.17, 15) is 0 Å². The fourth-order valence-electron chi connectivity index (χ4n) is 3.17. The van der Waals surface area contributed by atoms with E-state index in [2.05, 4.69) is 83.4 Å². The molecular formula is C21H21N3S2. The van der Waals surface area contributed by atoms with Crippen LogP contribution in [0.3, 0.4) is 0 Å². The fraction of sp³-hybridized carbons (Fsp3) is 0.238. The zero-order valence-corrected chi connectivity index (χ0v) is 16.8. The largest absolute Gasteiger partial charge is 0.302 e. The SMILES string of the molecule is CCn1c(SCc2cccc3ccccc23)nnc1-c1csc(C)c1C. The van der Waals surface area contributed by atoms with Crippen molar-refractivity contribution < 1.29 is 0 Å². The Bertz CT molecular complexity index is 1060. The van der Waals surface area contributed by atoms with Crippen LogP contribution >= 0.6 is 23.1 Å². The second-order valence-electron chi connectivity index (χ2n) is 6.31. The van der Waals surface area contributed by atoms with E-state index < -0.39 is 0 Å². The summed E-state index contributed by atoms with van der Waals surface area (Å²) in [4.78, 5) is 1.34. The summed E-state index contributed by atoms with van der Waals surface area (Å²) in [5.41, 5.74) is 3.85. The summed E-state index contributed by atoms with van der Waals surface area (Å²) in [6, 6.07) is 15.0. The third-order valence-electron chi connectivity index (χ3n) is 4.80. The summed E-state index contributed by atoms with van der Waals surface area (Å²) in [5, 5.41) is 14.8. The molecule has 4 aromatic rings. The number of thioether (sulfide) groups is 1. The van der Waals surface area contributed by atoms with Crippen molar-refractivity contribution in [2.24, 2.45) is 0 Å². The van der Waals surface area contributed by atoms with Crippen molar-refractivity contribution in [1.29, 1.82) is 0 Å². The lowest BCUT2D eigenvalue weighted by Gasteiger charge is -2.09. The number of thiophene rings is 1. The van der Waals surface area contributed by atoms with Crippen LogP contribution in [0.15, 0.2) is 53.0 Å². The van der Waals surface area contributed by atoms with Crippen LogP contribution in [0.25, 0.3) is 22.2 Å². The van der Waals surface area contributed by atoms with Gasteiger partial charge in [0.15, 0.2) is 11.0 Å². The number of hydrogen-bond acceptors (Lipinski definition) is 4. The van der Waals surface area contributed by atoms with Gasteiger partial charge in [0.05, 0.1) is 0 Å². The molecule has 0 bridgehead atoms. The van der Waals surface area contributed by atoms with Crippen LogP contribution in [0.5, 0.6) is 0 Å². The van der Waals surface area contributed by atoms with Gasteiger partial charge in [0.2, 0.25) is 0 Å². The highest BCUT2D eigenvalue weighted by Gasteiger charge is 2.17. The third kappa shape index (κ3) is 3.06. The van der Waals surface area contributed by atoms with Gasteiger partial charge in [-0.2, -0.15) is 0 Å². The number of fused-ring (bicyclic) bond motifs is 1. The minimum Gasteiger partial charge on any atom is -0.302 e. The van der Waals surface area contributed by atoms with E-state index in [4.69, 9.17) is 0 Å². The number of nitrogens with zero attached hydrogens (tertiary/aromatic N) is 3. The maximum absolute atomic E-state index is 4.50. The lowest BCUT2D eigenvalue weighted by Crippen LogP contribution is -2.00. The predicted octanol–water partition coefficient (Wildman–Crippen LogP) is 6.09. The molecule has 0 radical (unpaired) electrons. The Hall–Kier alpha value is -2.11. The van der Waals surface area contributed by atoms with Gasteiger partial charge in [0.25, 0.3) is 0 Å². The smallest absolute Gasteiger partial charge is 0.191 e. The molecule has 2 heterocycles. The minimum atomic E-state index is 0.870. The van der Waals surface area contributed by atoms with Crippen molar-refractivity contribution in [2.45, 2.75) is 38.2 Å². The van der Waals surface area contributed by atoms with Crippen molar-refractivity contribution in [2.75, 3.05) is 0 Å². The summed E-state index contributed by atoms with van der Waals surface area (Å²) >= 11 is 3.54. The first-order chi connectivity index (χ1) is 12.7. The van der Waals surface area contributed by atoms with Crippen LogP contribution in [0.2, 0.25) is 0 Å². The Morgan fingerprint density at radius 1 is 1.04 bits per heavy atom. The van der Waals surface area contributed by atoms with E-state index in [1.165, 1.54) is 32.3 Å². The van der Waals surface area contributed by atoms with E-state index in [1.54, 1.807) is 23.1 Å². The number of hydrogen-bond donors (Lipinski definition) is 0. The molecule has 2 aromatic heterocycles. The lowest BCUT2D eigenvalue weighted by atomic mass is 10.1. The van der Waals surface area contributed by atoms with Gasteiger partial charge >= 0.3 is 0 Å². The first-order valence-corrected chi connectivity index (χ1v) is 10.6. The third-order valence-corrected chi connectivity index (χ3v) is 6.83. The van der Waals surface area contributed by atoms with Gasteiger partial charge in [-0.1, -0.05) is 54.2 Å². The highest BCUT2D eigenvalue weighted by molar-refractivity contribution is 7.98. The topological polar surface area (TPSA) is 30.7 Å². The standard InChI is InChI=1S/C21H21N3S2/c1-4-24-20(19-13-25-15(3)14(19)2)22-23-21(24)26-12-17-10-7-9-16-8-5-6-11-18(16)17/h5-11,13H,4,12H2,1-3H3. The number of benzene rings is 2. The summed E-state index contributed by atoms with van der Waals surface area (Å²) in [7, 11) is 0. The molecule has 3 nitrogen and oxygen atoms in total. The Balaban J connectivity index is 1.64. The van der Waals surface area contributed by atoms with Crippen molar-refractivity contribution in [1.82, 2.24) is 14.8 Å². The molecule has 26 heavy (non-hydrogen) atoms. The predicted molar refractivity (Wildman–Crippen MR) is 112 cm³/mol. The number of aromatic nitrogens is 3. The molecule has 0 N–H and O–H groups in total. The van der Waals surface area contributed by atoms with E-state index in [0.717, 1.165) is 23.3 Å². The second-order valence-corrected chi connectivity index (χ2v) is 8.33. The summed E-state index contributed by atoms with van der Waals surface area (Å²) in [5.74, 6) is 1.87. The van der Waals surface area contributed by atoms with Crippen LogP contribution in [0.1, 0.15) is 22.9 Å². The summed E-state index contributed by atoms with van der Waals surface area (Å²) in [6.45, 7) is 7.35. The van der Waals surface area contributed by atoms with Crippen LogP contribution in [0, 0.1) is 13.8 Å². The molecule has 0 fully saturated rings. The molecule has 132 valence electrons. The Labute approximate surface area is 162 Å². The molecule has 0 unspecified atom stereocenters. The zero-order chi connectivity index (χ0) is 18.1. The molecule has 4 rings (SSSR count). The molecule has 5 heteroatoms.